The molecule has 0 aliphatic heterocycles. The lowest BCUT2D eigenvalue weighted by atomic mass is 9.95. The van der Waals surface area contributed by atoms with Gasteiger partial charge in [-0.3, -0.25) is 0 Å². The molecule has 0 spiro atoms. The standard InChI is InChI=1S/C19H21NO2/c1-5-20-15-11-13-9-10-16(21-3)19(22-4)18(13)17-12(2)7-6-8-14(15)17/h6-11,20H,5H2,1-4H3. The highest BCUT2D eigenvalue weighted by Crippen LogP contribution is 2.43. The van der Waals surface area contributed by atoms with Crippen molar-refractivity contribution in [2.75, 3.05) is 26.1 Å². The van der Waals surface area contributed by atoms with Gasteiger partial charge in [-0.1, -0.05) is 24.3 Å². The molecule has 0 unspecified atom stereocenters. The normalized spacial score (nSPS) is 10.9. The molecule has 0 radical (unpaired) electrons. The Morgan fingerprint density at radius 2 is 1.82 bits per heavy atom. The lowest BCUT2D eigenvalue weighted by molar-refractivity contribution is 0.359. The minimum atomic E-state index is 0.760. The van der Waals surface area contributed by atoms with Gasteiger partial charge in [-0.15, -0.1) is 0 Å². The van der Waals surface area contributed by atoms with Gasteiger partial charge in [0, 0.05) is 23.0 Å². The monoisotopic (exact) mass is 295 g/mol. The second-order valence-electron chi connectivity index (χ2n) is 5.35. The van der Waals surface area contributed by atoms with Gasteiger partial charge in [0.15, 0.2) is 11.5 Å². The zero-order valence-electron chi connectivity index (χ0n) is 13.5. The Balaban J connectivity index is 2.54. The number of ether oxygens (including phenoxy) is 2. The Bertz CT molecular complexity index is 840. The van der Waals surface area contributed by atoms with Gasteiger partial charge < -0.3 is 14.8 Å². The Labute approximate surface area is 130 Å². The van der Waals surface area contributed by atoms with Crippen LogP contribution in [-0.2, 0) is 0 Å². The molecule has 1 N–H and O–H groups in total. The second-order valence-corrected chi connectivity index (χ2v) is 5.35. The zero-order valence-corrected chi connectivity index (χ0v) is 13.5. The number of hydrogen-bond acceptors (Lipinski definition) is 3. The Morgan fingerprint density at radius 1 is 1.00 bits per heavy atom. The van der Waals surface area contributed by atoms with E-state index in [2.05, 4.69) is 49.5 Å². The van der Waals surface area contributed by atoms with Crippen molar-refractivity contribution in [3.05, 3.63) is 42.0 Å². The summed E-state index contributed by atoms with van der Waals surface area (Å²) in [6, 6.07) is 12.6. The molecule has 0 saturated heterocycles. The molecule has 3 rings (SSSR count). The Morgan fingerprint density at radius 3 is 2.50 bits per heavy atom. The van der Waals surface area contributed by atoms with Gasteiger partial charge in [0.2, 0.25) is 0 Å². The summed E-state index contributed by atoms with van der Waals surface area (Å²) in [7, 11) is 3.37. The minimum absolute atomic E-state index is 0.760. The molecular weight excluding hydrogens is 274 g/mol. The van der Waals surface area contributed by atoms with Gasteiger partial charge in [-0.25, -0.2) is 0 Å². The number of aryl methyl sites for hydroxylation is 1. The van der Waals surface area contributed by atoms with Crippen LogP contribution >= 0.6 is 0 Å². The number of fused-ring (bicyclic) bond motifs is 3. The van der Waals surface area contributed by atoms with Crippen molar-refractivity contribution in [3.63, 3.8) is 0 Å². The number of nitrogens with one attached hydrogen (secondary N) is 1. The van der Waals surface area contributed by atoms with E-state index in [1.54, 1.807) is 14.2 Å². The molecule has 3 nitrogen and oxygen atoms in total. The van der Waals surface area contributed by atoms with Gasteiger partial charge in [0.05, 0.1) is 14.2 Å². The van der Waals surface area contributed by atoms with Crippen LogP contribution in [0.1, 0.15) is 12.5 Å². The third kappa shape index (κ3) is 2.13. The predicted octanol–water partition coefficient (Wildman–Crippen LogP) is 4.75. The van der Waals surface area contributed by atoms with Gasteiger partial charge in [-0.2, -0.15) is 0 Å². The van der Waals surface area contributed by atoms with Crippen molar-refractivity contribution in [2.45, 2.75) is 13.8 Å². The van der Waals surface area contributed by atoms with Crippen LogP contribution in [-0.4, -0.2) is 20.8 Å². The van der Waals surface area contributed by atoms with E-state index in [1.165, 1.54) is 16.3 Å². The first-order valence-corrected chi connectivity index (χ1v) is 7.52. The van der Waals surface area contributed by atoms with Crippen molar-refractivity contribution in [1.82, 2.24) is 0 Å². The van der Waals surface area contributed by atoms with Gasteiger partial charge in [-0.05, 0) is 42.3 Å². The van der Waals surface area contributed by atoms with E-state index in [-0.39, 0.29) is 0 Å². The van der Waals surface area contributed by atoms with Crippen LogP contribution in [0.3, 0.4) is 0 Å². The SMILES string of the molecule is CCNc1cc2ccc(OC)c(OC)c2c2c(C)cccc12. The second kappa shape index (κ2) is 5.76. The largest absolute Gasteiger partial charge is 0.493 e. The third-order valence-corrected chi connectivity index (χ3v) is 4.06. The fourth-order valence-electron chi connectivity index (χ4n) is 3.11. The van der Waals surface area contributed by atoms with Crippen molar-refractivity contribution in [2.24, 2.45) is 0 Å². The van der Waals surface area contributed by atoms with Gasteiger partial charge in [0.1, 0.15) is 0 Å². The number of methoxy groups -OCH3 is 2. The number of benzene rings is 3. The summed E-state index contributed by atoms with van der Waals surface area (Å²) in [5.41, 5.74) is 2.38. The lowest BCUT2D eigenvalue weighted by Crippen LogP contribution is -1.99. The summed E-state index contributed by atoms with van der Waals surface area (Å²) in [5.74, 6) is 1.55. The van der Waals surface area contributed by atoms with Crippen LogP contribution < -0.4 is 14.8 Å². The van der Waals surface area contributed by atoms with E-state index in [4.69, 9.17) is 9.47 Å². The lowest BCUT2D eigenvalue weighted by Gasteiger charge is -2.17. The highest BCUT2D eigenvalue weighted by molar-refractivity contribution is 6.17. The maximum atomic E-state index is 5.67. The summed E-state index contributed by atoms with van der Waals surface area (Å²) in [4.78, 5) is 0. The molecule has 3 heteroatoms. The first-order valence-electron chi connectivity index (χ1n) is 7.52. The summed E-state index contributed by atoms with van der Waals surface area (Å²) in [6.45, 7) is 5.14. The van der Waals surface area contributed by atoms with Crippen LogP contribution in [0.25, 0.3) is 21.5 Å². The molecule has 0 aliphatic rings. The van der Waals surface area contributed by atoms with Crippen molar-refractivity contribution < 1.29 is 9.47 Å². The topological polar surface area (TPSA) is 30.5 Å². The third-order valence-electron chi connectivity index (χ3n) is 4.06. The number of hydrogen-bond donors (Lipinski definition) is 1. The molecule has 0 fully saturated rings. The highest BCUT2D eigenvalue weighted by atomic mass is 16.5. The molecule has 0 atom stereocenters. The summed E-state index contributed by atoms with van der Waals surface area (Å²) in [5, 5.41) is 8.14. The van der Waals surface area contributed by atoms with E-state index in [0.29, 0.717) is 0 Å². The Hall–Kier alpha value is -2.42. The molecule has 3 aromatic carbocycles. The average Bonchev–Trinajstić information content (AvgIpc) is 2.54. The van der Waals surface area contributed by atoms with E-state index >= 15 is 0 Å². The number of rotatable bonds is 4. The summed E-state index contributed by atoms with van der Waals surface area (Å²) < 4.78 is 11.1. The van der Waals surface area contributed by atoms with E-state index in [9.17, 15) is 0 Å². The molecule has 0 aliphatic carbocycles. The summed E-state index contributed by atoms with van der Waals surface area (Å²) >= 11 is 0. The smallest absolute Gasteiger partial charge is 0.169 e. The maximum Gasteiger partial charge on any atom is 0.169 e. The van der Waals surface area contributed by atoms with Gasteiger partial charge >= 0.3 is 0 Å². The van der Waals surface area contributed by atoms with Crippen molar-refractivity contribution in [1.29, 1.82) is 0 Å². The Kier molecular flexibility index (Phi) is 3.80. The fourth-order valence-corrected chi connectivity index (χ4v) is 3.11. The highest BCUT2D eigenvalue weighted by Gasteiger charge is 2.15. The van der Waals surface area contributed by atoms with E-state index in [0.717, 1.165) is 34.5 Å². The molecule has 0 bridgehead atoms. The van der Waals surface area contributed by atoms with E-state index < -0.39 is 0 Å². The first kappa shape index (κ1) is 14.5. The quantitative estimate of drug-likeness (QED) is 0.704. The zero-order chi connectivity index (χ0) is 15.7. The first-order chi connectivity index (χ1) is 10.7. The molecule has 0 heterocycles. The fraction of sp³-hybridized carbons (Fsp3) is 0.263. The predicted molar refractivity (Wildman–Crippen MR) is 93.5 cm³/mol. The number of anilines is 1. The van der Waals surface area contributed by atoms with Crippen LogP contribution in [0, 0.1) is 6.92 Å². The minimum Gasteiger partial charge on any atom is -0.493 e. The molecule has 3 aromatic rings. The van der Waals surface area contributed by atoms with E-state index in [1.807, 2.05) is 6.07 Å². The van der Waals surface area contributed by atoms with Crippen molar-refractivity contribution >= 4 is 27.2 Å². The summed E-state index contributed by atoms with van der Waals surface area (Å²) in [6.07, 6.45) is 0. The molecule has 0 amide bonds. The van der Waals surface area contributed by atoms with Crippen molar-refractivity contribution in [3.8, 4) is 11.5 Å². The molecule has 0 saturated carbocycles. The molecule has 114 valence electrons. The molecular formula is C19H21NO2. The van der Waals surface area contributed by atoms with Crippen LogP contribution in [0.4, 0.5) is 5.69 Å². The average molecular weight is 295 g/mol. The van der Waals surface area contributed by atoms with Crippen LogP contribution in [0.5, 0.6) is 11.5 Å². The maximum absolute atomic E-state index is 5.67. The molecule has 22 heavy (non-hydrogen) atoms. The van der Waals surface area contributed by atoms with Crippen LogP contribution in [0.15, 0.2) is 36.4 Å². The van der Waals surface area contributed by atoms with Gasteiger partial charge in [0.25, 0.3) is 0 Å². The molecule has 0 aromatic heterocycles. The van der Waals surface area contributed by atoms with Crippen LogP contribution in [0.2, 0.25) is 0 Å².